The van der Waals surface area contributed by atoms with Crippen LogP contribution >= 0.6 is 0 Å². The van der Waals surface area contributed by atoms with Gasteiger partial charge in [0.05, 0.1) is 25.7 Å². The normalized spacial score (nSPS) is 34.1. The Hall–Kier alpha value is -1.06. The van der Waals surface area contributed by atoms with Crippen molar-refractivity contribution in [3.8, 4) is 0 Å². The predicted octanol–water partition coefficient (Wildman–Crippen LogP) is 6.05. The number of hydrogen-bond donors (Lipinski definition) is 1. The molecule has 5 atom stereocenters. The molecular formula is C26H42O3. The number of aliphatic hydroxyl groups is 1. The summed E-state index contributed by atoms with van der Waals surface area (Å²) in [4.78, 5) is 0. The molecule has 3 nitrogen and oxygen atoms in total. The van der Waals surface area contributed by atoms with Crippen molar-refractivity contribution in [1.29, 1.82) is 0 Å². The molecule has 3 rings (SSSR count). The Labute approximate surface area is 178 Å². The van der Waals surface area contributed by atoms with Crippen molar-refractivity contribution in [2.75, 3.05) is 20.8 Å². The molecule has 2 bridgehead atoms. The van der Waals surface area contributed by atoms with Gasteiger partial charge in [-0.1, -0.05) is 65.5 Å². The van der Waals surface area contributed by atoms with E-state index in [0.29, 0.717) is 11.8 Å². The summed E-state index contributed by atoms with van der Waals surface area (Å²) in [5.74, 6) is 2.34. The highest BCUT2D eigenvalue weighted by Gasteiger charge is 2.61. The zero-order valence-corrected chi connectivity index (χ0v) is 19.5. The largest absolute Gasteiger partial charge is 0.501 e. The maximum Gasteiger partial charge on any atom is 0.102 e. The van der Waals surface area contributed by atoms with Crippen molar-refractivity contribution in [1.82, 2.24) is 0 Å². The smallest absolute Gasteiger partial charge is 0.102 e. The number of unbranched alkanes of at least 4 members (excludes halogenated alkanes) is 3. The van der Waals surface area contributed by atoms with Gasteiger partial charge in [-0.3, -0.25) is 0 Å². The summed E-state index contributed by atoms with van der Waals surface area (Å²) >= 11 is 0. The van der Waals surface area contributed by atoms with Crippen molar-refractivity contribution < 1.29 is 14.6 Å². The maximum absolute atomic E-state index is 9.87. The molecule has 3 unspecified atom stereocenters. The molecule has 29 heavy (non-hydrogen) atoms. The first-order valence-corrected chi connectivity index (χ1v) is 11.6. The Kier molecular flexibility index (Phi) is 7.00. The fourth-order valence-electron chi connectivity index (χ4n) is 6.23. The van der Waals surface area contributed by atoms with Gasteiger partial charge in [-0.25, -0.2) is 0 Å². The van der Waals surface area contributed by atoms with E-state index in [9.17, 15) is 5.11 Å². The van der Waals surface area contributed by atoms with Crippen LogP contribution in [0.15, 0.2) is 35.1 Å². The van der Waals surface area contributed by atoms with Crippen LogP contribution in [0.2, 0.25) is 0 Å². The predicted molar refractivity (Wildman–Crippen MR) is 119 cm³/mol. The Bertz CT molecular complexity index is 671. The summed E-state index contributed by atoms with van der Waals surface area (Å²) in [6.07, 6.45) is 15.6. The highest BCUT2D eigenvalue weighted by atomic mass is 16.5. The number of rotatable bonds is 10. The van der Waals surface area contributed by atoms with E-state index in [1.807, 2.05) is 14.2 Å². The summed E-state index contributed by atoms with van der Waals surface area (Å²) in [5, 5.41) is 9.87. The van der Waals surface area contributed by atoms with Gasteiger partial charge in [0.15, 0.2) is 0 Å². The Morgan fingerprint density at radius 2 is 1.97 bits per heavy atom. The lowest BCUT2D eigenvalue weighted by Crippen LogP contribution is -2.58. The van der Waals surface area contributed by atoms with Gasteiger partial charge in [0.1, 0.15) is 5.76 Å². The lowest BCUT2D eigenvalue weighted by molar-refractivity contribution is -0.118. The molecule has 0 amide bonds. The van der Waals surface area contributed by atoms with Gasteiger partial charge < -0.3 is 14.6 Å². The van der Waals surface area contributed by atoms with Crippen LogP contribution in [0.1, 0.15) is 72.6 Å². The molecule has 0 spiro atoms. The van der Waals surface area contributed by atoms with E-state index in [2.05, 4.69) is 45.9 Å². The molecule has 3 aliphatic rings. The third kappa shape index (κ3) is 3.97. The van der Waals surface area contributed by atoms with Crippen molar-refractivity contribution in [3.63, 3.8) is 0 Å². The Balaban J connectivity index is 1.86. The highest BCUT2D eigenvalue weighted by Crippen LogP contribution is 2.66. The van der Waals surface area contributed by atoms with Gasteiger partial charge in [-0.15, -0.1) is 0 Å². The van der Waals surface area contributed by atoms with Gasteiger partial charge in [0.25, 0.3) is 0 Å². The van der Waals surface area contributed by atoms with E-state index in [0.717, 1.165) is 12.2 Å². The molecule has 3 aliphatic carbocycles. The van der Waals surface area contributed by atoms with Gasteiger partial charge in [0.2, 0.25) is 0 Å². The summed E-state index contributed by atoms with van der Waals surface area (Å²) in [6, 6.07) is 0. The second-order valence-electron chi connectivity index (χ2n) is 10.3. The van der Waals surface area contributed by atoms with Crippen molar-refractivity contribution >= 4 is 0 Å². The molecular weight excluding hydrogens is 360 g/mol. The first-order valence-electron chi connectivity index (χ1n) is 11.6. The highest BCUT2D eigenvalue weighted by molar-refractivity contribution is 5.38. The SMILES string of the molecule is CCCCCCC(C)(C)C1=CC(OC)C([C@@]2(C)C3CC=C(CO)[C@H]2C3)C(OC)=C1. The maximum atomic E-state index is 9.87. The molecule has 0 saturated heterocycles. The monoisotopic (exact) mass is 402 g/mol. The number of fused-ring (bicyclic) bond motifs is 2. The molecule has 0 aromatic carbocycles. The number of allylic oxidation sites excluding steroid dienone is 3. The van der Waals surface area contributed by atoms with Gasteiger partial charge in [0, 0.05) is 7.11 Å². The number of aliphatic hydroxyl groups excluding tert-OH is 1. The first-order chi connectivity index (χ1) is 13.8. The van der Waals surface area contributed by atoms with Crippen LogP contribution in [-0.2, 0) is 9.47 Å². The van der Waals surface area contributed by atoms with E-state index >= 15 is 0 Å². The third-order valence-electron chi connectivity index (χ3n) is 8.34. The van der Waals surface area contributed by atoms with Crippen LogP contribution in [-0.4, -0.2) is 32.0 Å². The minimum absolute atomic E-state index is 0.0215. The zero-order valence-electron chi connectivity index (χ0n) is 19.5. The lowest BCUT2D eigenvalue weighted by Gasteiger charge is -2.62. The summed E-state index contributed by atoms with van der Waals surface area (Å²) in [6.45, 7) is 9.55. The average molecular weight is 403 g/mol. The molecule has 1 saturated carbocycles. The van der Waals surface area contributed by atoms with Gasteiger partial charge in [-0.05, 0) is 59.2 Å². The van der Waals surface area contributed by atoms with Crippen molar-refractivity contribution in [3.05, 3.63) is 35.1 Å². The van der Waals surface area contributed by atoms with Crippen LogP contribution in [0, 0.1) is 28.6 Å². The van der Waals surface area contributed by atoms with Crippen molar-refractivity contribution in [2.45, 2.75) is 78.7 Å². The van der Waals surface area contributed by atoms with Crippen molar-refractivity contribution in [2.24, 2.45) is 28.6 Å². The van der Waals surface area contributed by atoms with Gasteiger partial charge in [-0.2, -0.15) is 0 Å². The topological polar surface area (TPSA) is 38.7 Å². The minimum atomic E-state index is 0.0215. The zero-order chi connectivity index (χ0) is 21.2. The standard InChI is InChI=1S/C26H42O3/c1-7-8-9-10-13-25(2,3)20-15-22(28-5)24(23(16-20)29-6)26(4)19-12-11-18(17-27)21(26)14-19/h11,15-16,19,21-22,24,27H,7-10,12-14,17H2,1-6H3/t19?,21-,22?,24?,26+/m1/s1. The summed E-state index contributed by atoms with van der Waals surface area (Å²) < 4.78 is 12.1. The quantitative estimate of drug-likeness (QED) is 0.357. The second kappa shape index (κ2) is 8.98. The summed E-state index contributed by atoms with van der Waals surface area (Å²) in [5.41, 5.74) is 2.76. The van der Waals surface area contributed by atoms with Crippen LogP contribution in [0.5, 0.6) is 0 Å². The summed E-state index contributed by atoms with van der Waals surface area (Å²) in [7, 11) is 3.64. The fraction of sp³-hybridized carbons (Fsp3) is 0.769. The van der Waals surface area contributed by atoms with Crippen LogP contribution in [0.3, 0.4) is 0 Å². The van der Waals surface area contributed by atoms with E-state index in [1.165, 1.54) is 49.7 Å². The molecule has 0 aliphatic heterocycles. The average Bonchev–Trinajstić information content (AvgIpc) is 2.74. The molecule has 3 heteroatoms. The Morgan fingerprint density at radius 3 is 2.55 bits per heavy atom. The minimum Gasteiger partial charge on any atom is -0.501 e. The van der Waals surface area contributed by atoms with E-state index in [-0.39, 0.29) is 29.5 Å². The van der Waals surface area contributed by atoms with E-state index in [4.69, 9.17) is 9.47 Å². The molecule has 1 fully saturated rings. The van der Waals surface area contributed by atoms with Crippen LogP contribution in [0.25, 0.3) is 0 Å². The molecule has 0 aromatic heterocycles. The Morgan fingerprint density at radius 1 is 1.21 bits per heavy atom. The van der Waals surface area contributed by atoms with Crippen LogP contribution < -0.4 is 0 Å². The van der Waals surface area contributed by atoms with E-state index < -0.39 is 0 Å². The molecule has 1 N–H and O–H groups in total. The molecule has 0 heterocycles. The van der Waals surface area contributed by atoms with E-state index in [1.54, 1.807) is 0 Å². The molecule has 0 radical (unpaired) electrons. The fourth-order valence-corrected chi connectivity index (χ4v) is 6.23. The van der Waals surface area contributed by atoms with Crippen LogP contribution in [0.4, 0.5) is 0 Å². The van der Waals surface area contributed by atoms with Gasteiger partial charge >= 0.3 is 0 Å². The number of ether oxygens (including phenoxy) is 2. The number of methoxy groups -OCH3 is 2. The second-order valence-corrected chi connectivity index (χ2v) is 10.3. The third-order valence-corrected chi connectivity index (χ3v) is 8.34. The lowest BCUT2D eigenvalue weighted by atomic mass is 9.42. The molecule has 164 valence electrons. The molecule has 0 aromatic rings. The number of hydrogen-bond acceptors (Lipinski definition) is 3. The first kappa shape index (κ1) is 22.6.